The Morgan fingerprint density at radius 2 is 1.38 bits per heavy atom. The smallest absolute Gasteiger partial charge is 0.00750 e. The van der Waals surface area contributed by atoms with E-state index < -0.39 is 0 Å². The van der Waals surface area contributed by atoms with Crippen molar-refractivity contribution in [2.75, 3.05) is 26.2 Å². The average molecular weight is 335 g/mol. The molecule has 0 aliphatic rings. The molecule has 0 rings (SSSR count). The molecule has 0 saturated carbocycles. The van der Waals surface area contributed by atoms with E-state index in [1.165, 1.54) is 0 Å². The molecule has 0 heterocycles. The molecule has 0 bridgehead atoms. The Morgan fingerprint density at radius 3 is 1.62 bits per heavy atom. The maximum absolute atomic E-state index is 5.17. The van der Waals surface area contributed by atoms with Crippen molar-refractivity contribution in [1.29, 1.82) is 0 Å². The molecule has 48 valence electrons. The summed E-state index contributed by atoms with van der Waals surface area (Å²) in [5.74, 6) is 0. The Labute approximate surface area is 82.2 Å². The van der Waals surface area contributed by atoms with Gasteiger partial charge in [0.15, 0.2) is 0 Å². The molecule has 0 aliphatic heterocycles. The fraction of sp³-hybridized carbons (Fsp3) is 1.00. The Balaban J connectivity index is 0. The minimum Gasteiger partial charge on any atom is -0.329 e. The second-order valence-electron chi connectivity index (χ2n) is 1.33. The molecule has 5 N–H and O–H groups in total. The van der Waals surface area contributed by atoms with Crippen molar-refractivity contribution < 1.29 is 39.9 Å². The van der Waals surface area contributed by atoms with Crippen LogP contribution in [-0.2, 0) is 0 Å². The largest absolute Gasteiger partial charge is 0.329 e. The zero-order valence-electron chi connectivity index (χ0n) is 4.98. The van der Waals surface area contributed by atoms with Gasteiger partial charge in [0.05, 0.1) is 0 Å². The van der Waals surface area contributed by atoms with Gasteiger partial charge in [-0.1, -0.05) is 0 Å². The maximum atomic E-state index is 5.17. The summed E-state index contributed by atoms with van der Waals surface area (Å²) in [6, 6.07) is 0. The molecule has 0 radical (unpaired) electrons. The topological polar surface area (TPSA) is 64.1 Å². The van der Waals surface area contributed by atoms with E-state index >= 15 is 0 Å². The molecule has 0 amide bonds. The minimum absolute atomic E-state index is 0. The third-order valence-electron chi connectivity index (χ3n) is 0.642. The second-order valence-corrected chi connectivity index (χ2v) is 1.33. The van der Waals surface area contributed by atoms with Crippen molar-refractivity contribution in [3.05, 3.63) is 0 Å². The molecular weight excluding hydrogens is 322 g/mol. The molecule has 0 unspecified atom stereocenters. The summed E-state index contributed by atoms with van der Waals surface area (Å²) in [6.45, 7) is 3.13. The van der Waals surface area contributed by atoms with Crippen molar-refractivity contribution in [3.63, 3.8) is 0 Å². The van der Waals surface area contributed by atoms with E-state index in [9.17, 15) is 0 Å². The molecule has 0 saturated heterocycles. The van der Waals surface area contributed by atoms with Crippen molar-refractivity contribution in [2.24, 2.45) is 11.5 Å². The predicted molar refractivity (Wildman–Crippen MR) is 31.0 cm³/mol. The molecule has 0 fully saturated rings. The van der Waals surface area contributed by atoms with Crippen LogP contribution in [0.2, 0.25) is 0 Å². The molecular formula is C4H13N3Th. The van der Waals surface area contributed by atoms with Gasteiger partial charge < -0.3 is 16.8 Å². The standard InChI is InChI=1S/C4H13N3.Th/c5-1-3-7-4-2-6;/h7H,1-6H2;. The van der Waals surface area contributed by atoms with Crippen LogP contribution in [0, 0.1) is 39.9 Å². The number of rotatable bonds is 4. The first kappa shape index (κ1) is 11.9. The maximum Gasteiger partial charge on any atom is 0.00750 e. The van der Waals surface area contributed by atoms with Crippen LogP contribution in [0.4, 0.5) is 0 Å². The van der Waals surface area contributed by atoms with Gasteiger partial charge in [-0.15, -0.1) is 0 Å². The number of nitrogens with two attached hydrogens (primary N) is 2. The van der Waals surface area contributed by atoms with Gasteiger partial charge in [0.1, 0.15) is 0 Å². The summed E-state index contributed by atoms with van der Waals surface area (Å²) in [6.07, 6.45) is 0. The molecule has 0 atom stereocenters. The van der Waals surface area contributed by atoms with Crippen molar-refractivity contribution in [3.8, 4) is 0 Å². The van der Waals surface area contributed by atoms with Crippen molar-refractivity contribution >= 4 is 0 Å². The summed E-state index contributed by atoms with van der Waals surface area (Å²) < 4.78 is 0. The van der Waals surface area contributed by atoms with E-state index in [1.807, 2.05) is 0 Å². The molecule has 8 heavy (non-hydrogen) atoms. The van der Waals surface area contributed by atoms with E-state index in [1.54, 1.807) is 0 Å². The van der Waals surface area contributed by atoms with E-state index in [0.717, 1.165) is 13.1 Å². The van der Waals surface area contributed by atoms with Gasteiger partial charge in [0.2, 0.25) is 0 Å². The summed E-state index contributed by atoms with van der Waals surface area (Å²) in [7, 11) is 0. The van der Waals surface area contributed by atoms with Gasteiger partial charge >= 0.3 is 0 Å². The average Bonchev–Trinajstić information content (AvgIpc) is 1.69. The van der Waals surface area contributed by atoms with Gasteiger partial charge in [0, 0.05) is 66.1 Å². The first-order valence-electron chi connectivity index (χ1n) is 2.52. The SMILES string of the molecule is NCCNCCN.[Th]. The molecule has 3 nitrogen and oxygen atoms in total. The van der Waals surface area contributed by atoms with Gasteiger partial charge in [0.25, 0.3) is 0 Å². The summed E-state index contributed by atoms with van der Waals surface area (Å²) >= 11 is 0. The molecule has 0 aromatic carbocycles. The van der Waals surface area contributed by atoms with Crippen LogP contribution in [0.3, 0.4) is 0 Å². The van der Waals surface area contributed by atoms with Crippen molar-refractivity contribution in [1.82, 2.24) is 5.32 Å². The van der Waals surface area contributed by atoms with Crippen LogP contribution >= 0.6 is 0 Å². The number of hydrogen-bond donors (Lipinski definition) is 3. The third kappa shape index (κ3) is 10.2. The number of nitrogens with one attached hydrogen (secondary N) is 1. The Morgan fingerprint density at radius 1 is 1.00 bits per heavy atom. The Bertz CT molecular complexity index is 30.5. The normalized spacial score (nSPS) is 8.25. The van der Waals surface area contributed by atoms with Crippen LogP contribution < -0.4 is 16.8 Å². The third-order valence-corrected chi connectivity index (χ3v) is 0.642. The predicted octanol–water partition coefficient (Wildman–Crippen LogP) is -1.51. The van der Waals surface area contributed by atoms with Gasteiger partial charge in [-0.25, -0.2) is 0 Å². The first-order valence-corrected chi connectivity index (χ1v) is 2.52. The van der Waals surface area contributed by atoms with E-state index in [-0.39, 0.29) is 39.9 Å². The van der Waals surface area contributed by atoms with Gasteiger partial charge in [-0.2, -0.15) is 0 Å². The summed E-state index contributed by atoms with van der Waals surface area (Å²) in [5, 5.41) is 3.03. The monoisotopic (exact) mass is 335 g/mol. The Hall–Kier alpha value is 1.20. The van der Waals surface area contributed by atoms with Gasteiger partial charge in [-0.3, -0.25) is 0 Å². The molecule has 0 aromatic heterocycles. The quantitative estimate of drug-likeness (QED) is 0.548. The van der Waals surface area contributed by atoms with Crippen molar-refractivity contribution in [2.45, 2.75) is 0 Å². The fourth-order valence-electron chi connectivity index (χ4n) is 0.329. The molecule has 4 heteroatoms. The zero-order valence-corrected chi connectivity index (χ0v) is 9.09. The van der Waals surface area contributed by atoms with E-state index in [0.29, 0.717) is 13.1 Å². The van der Waals surface area contributed by atoms with Crippen LogP contribution in [0.1, 0.15) is 0 Å². The molecule has 0 aliphatic carbocycles. The molecule has 0 aromatic rings. The minimum atomic E-state index is 0. The fourth-order valence-corrected chi connectivity index (χ4v) is 0.329. The van der Waals surface area contributed by atoms with Crippen LogP contribution in [0.25, 0.3) is 0 Å². The second kappa shape index (κ2) is 11.1. The van der Waals surface area contributed by atoms with E-state index in [2.05, 4.69) is 5.32 Å². The van der Waals surface area contributed by atoms with Crippen LogP contribution in [0.15, 0.2) is 0 Å². The number of hydrogen-bond acceptors (Lipinski definition) is 3. The Kier molecular flexibility index (Phi) is 16.5. The summed E-state index contributed by atoms with van der Waals surface area (Å²) in [4.78, 5) is 0. The van der Waals surface area contributed by atoms with E-state index in [4.69, 9.17) is 11.5 Å². The van der Waals surface area contributed by atoms with Crippen LogP contribution in [0.5, 0.6) is 0 Å². The summed E-state index contributed by atoms with van der Waals surface area (Å²) in [5.41, 5.74) is 10.3. The van der Waals surface area contributed by atoms with Gasteiger partial charge in [-0.05, 0) is 0 Å². The first-order chi connectivity index (χ1) is 3.41. The van der Waals surface area contributed by atoms with Crippen LogP contribution in [-0.4, -0.2) is 26.2 Å². The zero-order chi connectivity index (χ0) is 5.54. The molecule has 0 spiro atoms.